The summed E-state index contributed by atoms with van der Waals surface area (Å²) >= 11 is 0. The predicted octanol–water partition coefficient (Wildman–Crippen LogP) is -2.55. The van der Waals surface area contributed by atoms with Crippen molar-refractivity contribution >= 4 is 23.9 Å². The number of carbonyl (C=O) groups is 4. The van der Waals surface area contributed by atoms with Crippen molar-refractivity contribution < 1.29 is 78.2 Å². The summed E-state index contributed by atoms with van der Waals surface area (Å²) in [6.07, 6.45) is -12.4. The molecule has 6 N–H and O–H groups in total. The highest BCUT2D eigenvalue weighted by molar-refractivity contribution is 5.87. The first-order valence-electron chi connectivity index (χ1n) is 12.9. The summed E-state index contributed by atoms with van der Waals surface area (Å²) in [7, 11) is 0. The smallest absolute Gasteiger partial charge is 0.338 e. The summed E-state index contributed by atoms with van der Waals surface area (Å²) in [5.41, 5.74) is 0.148. The standard InChI is InChI=1S/C27H42O16/c1-14(2)24(34)40-10-17(29)8-38-22(21(33)20(32)7-28)23(39-9-18(30)11-41-25(35)15(3)4)27(37)43-13-19(31)12-42-26(36)16(5)6/h17-23,28-33H,1,3,5,7-13H2,2,4,6H3/t17?,18?,19?,20-,21-,22+,23-/m1/s1. The molecule has 0 saturated heterocycles. The van der Waals surface area contributed by atoms with E-state index in [9.17, 15) is 49.8 Å². The Hall–Kier alpha value is -3.22. The Morgan fingerprint density at radius 2 is 0.930 bits per heavy atom. The Balaban J connectivity index is 5.79. The molecule has 0 heterocycles. The zero-order valence-corrected chi connectivity index (χ0v) is 24.4. The lowest BCUT2D eigenvalue weighted by Crippen LogP contribution is -2.53. The van der Waals surface area contributed by atoms with Gasteiger partial charge in [0, 0.05) is 16.7 Å². The molecule has 0 aliphatic carbocycles. The highest BCUT2D eigenvalue weighted by Gasteiger charge is 2.41. The topological polar surface area (TPSA) is 245 Å². The van der Waals surface area contributed by atoms with Crippen molar-refractivity contribution in [2.24, 2.45) is 0 Å². The van der Waals surface area contributed by atoms with Crippen molar-refractivity contribution in [2.75, 3.05) is 46.2 Å². The van der Waals surface area contributed by atoms with Crippen LogP contribution in [0, 0.1) is 0 Å². The molecule has 0 spiro atoms. The highest BCUT2D eigenvalue weighted by Crippen LogP contribution is 2.16. The van der Waals surface area contributed by atoms with Gasteiger partial charge in [0.25, 0.3) is 0 Å². The Morgan fingerprint density at radius 1 is 0.581 bits per heavy atom. The van der Waals surface area contributed by atoms with E-state index < -0.39 is 113 Å². The van der Waals surface area contributed by atoms with Crippen molar-refractivity contribution in [1.29, 1.82) is 0 Å². The minimum atomic E-state index is -2.06. The van der Waals surface area contributed by atoms with Crippen molar-refractivity contribution in [3.8, 4) is 0 Å². The van der Waals surface area contributed by atoms with Gasteiger partial charge in [0.2, 0.25) is 0 Å². The first-order valence-corrected chi connectivity index (χ1v) is 12.9. The summed E-state index contributed by atoms with van der Waals surface area (Å²) in [6.45, 7) is 9.29. The molecule has 0 aromatic heterocycles. The van der Waals surface area contributed by atoms with Crippen LogP contribution in [0.5, 0.6) is 0 Å². The number of carbonyl (C=O) groups excluding carboxylic acids is 4. The molecule has 0 aliphatic heterocycles. The number of rotatable bonds is 22. The van der Waals surface area contributed by atoms with Crippen LogP contribution in [0.1, 0.15) is 20.8 Å². The Morgan fingerprint density at radius 3 is 1.30 bits per heavy atom. The third-order valence-corrected chi connectivity index (χ3v) is 5.08. The second-order valence-corrected chi connectivity index (χ2v) is 9.52. The monoisotopic (exact) mass is 622 g/mol. The molecular weight excluding hydrogens is 580 g/mol. The summed E-state index contributed by atoms with van der Waals surface area (Å²) in [5, 5.41) is 60.4. The Labute approximate surface area is 248 Å². The quantitative estimate of drug-likeness (QED) is 0.0413. The second kappa shape index (κ2) is 20.6. The normalized spacial score (nSPS) is 15.9. The molecule has 0 bridgehead atoms. The molecule has 16 heteroatoms. The van der Waals surface area contributed by atoms with Gasteiger partial charge in [0.05, 0.1) is 19.8 Å². The minimum absolute atomic E-state index is 0.0455. The summed E-state index contributed by atoms with van der Waals surface area (Å²) in [6, 6.07) is 0. The predicted molar refractivity (Wildman–Crippen MR) is 145 cm³/mol. The average molecular weight is 623 g/mol. The zero-order chi connectivity index (χ0) is 33.3. The van der Waals surface area contributed by atoms with E-state index in [1.165, 1.54) is 20.8 Å². The third kappa shape index (κ3) is 16.3. The van der Waals surface area contributed by atoms with E-state index in [0.29, 0.717) is 0 Å². The molecule has 16 nitrogen and oxygen atoms in total. The number of aliphatic hydroxyl groups is 6. The van der Waals surface area contributed by atoms with Gasteiger partial charge in [-0.05, 0) is 20.8 Å². The minimum Gasteiger partial charge on any atom is -0.461 e. The maximum absolute atomic E-state index is 13.0. The van der Waals surface area contributed by atoms with E-state index >= 15 is 0 Å². The summed E-state index contributed by atoms with van der Waals surface area (Å²) < 4.78 is 30.2. The number of aliphatic hydroxyl groups excluding tert-OH is 6. The van der Waals surface area contributed by atoms with Crippen LogP contribution in [0.15, 0.2) is 36.5 Å². The third-order valence-electron chi connectivity index (χ3n) is 5.08. The first kappa shape index (κ1) is 39.8. The fourth-order valence-electron chi connectivity index (χ4n) is 2.72. The Kier molecular flexibility index (Phi) is 19.1. The molecule has 0 rings (SSSR count). The van der Waals surface area contributed by atoms with Crippen LogP contribution in [-0.2, 0) is 47.6 Å². The van der Waals surface area contributed by atoms with Gasteiger partial charge >= 0.3 is 23.9 Å². The maximum Gasteiger partial charge on any atom is 0.338 e. The van der Waals surface area contributed by atoms with Crippen LogP contribution >= 0.6 is 0 Å². The number of hydrogen-bond acceptors (Lipinski definition) is 16. The number of esters is 4. The van der Waals surface area contributed by atoms with E-state index in [2.05, 4.69) is 19.7 Å². The Bertz CT molecular complexity index is 963. The highest BCUT2D eigenvalue weighted by atomic mass is 16.6. The van der Waals surface area contributed by atoms with Crippen molar-refractivity contribution in [3.63, 3.8) is 0 Å². The van der Waals surface area contributed by atoms with Crippen LogP contribution in [0.2, 0.25) is 0 Å². The van der Waals surface area contributed by atoms with Gasteiger partial charge in [0.15, 0.2) is 6.10 Å². The molecule has 3 unspecified atom stereocenters. The molecule has 0 fully saturated rings. The maximum atomic E-state index is 13.0. The fourth-order valence-corrected chi connectivity index (χ4v) is 2.72. The van der Waals surface area contributed by atoms with Gasteiger partial charge in [-0.1, -0.05) is 19.7 Å². The zero-order valence-electron chi connectivity index (χ0n) is 24.4. The molecule has 0 aromatic rings. The van der Waals surface area contributed by atoms with Gasteiger partial charge in [0.1, 0.15) is 63.1 Å². The van der Waals surface area contributed by atoms with E-state index in [0.717, 1.165) is 0 Å². The van der Waals surface area contributed by atoms with Crippen LogP contribution in [0.25, 0.3) is 0 Å². The molecular formula is C27H42O16. The summed E-state index contributed by atoms with van der Waals surface area (Å²) in [4.78, 5) is 47.7. The number of hydrogen-bond donors (Lipinski definition) is 6. The SMILES string of the molecule is C=C(C)C(=O)OCC(O)COC(=O)[C@H](OCC(O)COC(=O)C(=C)C)[C@@H](OCC(O)COC(=O)C(=C)C)[C@H](O)[C@H](O)CO. The molecule has 0 aromatic carbocycles. The lowest BCUT2D eigenvalue weighted by molar-refractivity contribution is -0.198. The van der Waals surface area contributed by atoms with Crippen LogP contribution in [0.3, 0.4) is 0 Å². The summed E-state index contributed by atoms with van der Waals surface area (Å²) in [5.74, 6) is -3.77. The molecule has 246 valence electrons. The van der Waals surface area contributed by atoms with Gasteiger partial charge < -0.3 is 59.1 Å². The largest absolute Gasteiger partial charge is 0.461 e. The van der Waals surface area contributed by atoms with Gasteiger partial charge in [-0.15, -0.1) is 0 Å². The molecule has 0 aliphatic rings. The number of ether oxygens (including phenoxy) is 6. The molecule has 43 heavy (non-hydrogen) atoms. The lowest BCUT2D eigenvalue weighted by Gasteiger charge is -2.32. The average Bonchev–Trinajstić information content (AvgIpc) is 2.96. The van der Waals surface area contributed by atoms with Crippen molar-refractivity contribution in [1.82, 2.24) is 0 Å². The molecule has 0 saturated carbocycles. The van der Waals surface area contributed by atoms with Crippen LogP contribution < -0.4 is 0 Å². The van der Waals surface area contributed by atoms with E-state index in [4.69, 9.17) is 28.4 Å². The lowest BCUT2D eigenvalue weighted by atomic mass is 10.0. The van der Waals surface area contributed by atoms with E-state index in [-0.39, 0.29) is 16.7 Å². The van der Waals surface area contributed by atoms with Crippen molar-refractivity contribution in [3.05, 3.63) is 36.5 Å². The molecule has 0 radical (unpaired) electrons. The van der Waals surface area contributed by atoms with E-state index in [1.54, 1.807) is 0 Å². The fraction of sp³-hybridized carbons (Fsp3) is 0.630. The molecule has 7 atom stereocenters. The van der Waals surface area contributed by atoms with Gasteiger partial charge in [-0.2, -0.15) is 0 Å². The molecule has 0 amide bonds. The second-order valence-electron chi connectivity index (χ2n) is 9.52. The van der Waals surface area contributed by atoms with Gasteiger partial charge in [-0.25, -0.2) is 19.2 Å². The van der Waals surface area contributed by atoms with Crippen molar-refractivity contribution in [2.45, 2.75) is 63.5 Å². The first-order chi connectivity index (χ1) is 20.0. The van der Waals surface area contributed by atoms with Crippen LogP contribution in [0.4, 0.5) is 0 Å². The van der Waals surface area contributed by atoms with Crippen LogP contribution in [-0.4, -0.2) is 143 Å². The van der Waals surface area contributed by atoms with Gasteiger partial charge in [-0.3, -0.25) is 0 Å². The van der Waals surface area contributed by atoms with E-state index in [1.807, 2.05) is 0 Å².